The molecule has 2 aromatic carbocycles. The summed E-state index contributed by atoms with van der Waals surface area (Å²) < 4.78 is 15.4. The smallest absolute Gasteiger partial charge is 0.262 e. The molecule has 0 fully saturated rings. The highest BCUT2D eigenvalue weighted by Gasteiger charge is 2.11. The number of anilines is 1. The van der Waals surface area contributed by atoms with Crippen molar-refractivity contribution < 1.29 is 9.18 Å². The summed E-state index contributed by atoms with van der Waals surface area (Å²) in [7, 11) is 0. The second kappa shape index (κ2) is 6.37. The van der Waals surface area contributed by atoms with Crippen LogP contribution in [0.3, 0.4) is 0 Å². The molecular weight excluding hydrogens is 329 g/mol. The van der Waals surface area contributed by atoms with Crippen molar-refractivity contribution >= 4 is 34.7 Å². The highest BCUT2D eigenvalue weighted by Crippen LogP contribution is 2.16. The van der Waals surface area contributed by atoms with Crippen LogP contribution in [-0.2, 0) is 6.54 Å². The summed E-state index contributed by atoms with van der Waals surface area (Å²) in [6.07, 6.45) is 0. The molecule has 0 saturated carbocycles. The number of rotatable bonds is 3. The Kier molecular flexibility index (Phi) is 4.26. The first-order valence-corrected chi connectivity index (χ1v) is 7.75. The number of H-pyrrole nitrogens is 1. The van der Waals surface area contributed by atoms with Crippen LogP contribution in [-0.4, -0.2) is 15.5 Å². The van der Waals surface area contributed by atoms with Crippen LogP contribution in [0.15, 0.2) is 47.3 Å². The lowest BCUT2D eigenvalue weighted by atomic mass is 10.1. The molecule has 24 heavy (non-hydrogen) atoms. The van der Waals surface area contributed by atoms with E-state index in [9.17, 15) is 14.0 Å². The largest absolute Gasteiger partial charge is 0.332 e. The van der Waals surface area contributed by atoms with Crippen molar-refractivity contribution in [2.45, 2.75) is 13.5 Å². The summed E-state index contributed by atoms with van der Waals surface area (Å²) in [6.45, 7) is 2.28. The number of fused-ring (bicyclic) bond motifs is 1. The molecule has 0 unspecified atom stereocenters. The molecule has 2 N–H and O–H groups in total. The number of halogens is 1. The van der Waals surface area contributed by atoms with Crippen LogP contribution in [0, 0.1) is 10.6 Å². The van der Waals surface area contributed by atoms with E-state index in [2.05, 4.69) is 10.3 Å². The second-order valence-corrected chi connectivity index (χ2v) is 5.56. The van der Waals surface area contributed by atoms with Gasteiger partial charge < -0.3 is 10.3 Å². The second-order valence-electron chi connectivity index (χ2n) is 5.17. The first kappa shape index (κ1) is 16.1. The molecular formula is C17H14FN3O2S. The Morgan fingerprint density at radius 2 is 2.04 bits per heavy atom. The van der Waals surface area contributed by atoms with Gasteiger partial charge in [-0.25, -0.2) is 4.39 Å². The molecule has 0 radical (unpaired) electrons. The number of aromatic nitrogens is 2. The number of amides is 1. The van der Waals surface area contributed by atoms with Crippen LogP contribution in [0.2, 0.25) is 0 Å². The van der Waals surface area contributed by atoms with E-state index >= 15 is 0 Å². The lowest BCUT2D eigenvalue weighted by Gasteiger charge is -2.08. The van der Waals surface area contributed by atoms with Gasteiger partial charge in [0.2, 0.25) is 0 Å². The summed E-state index contributed by atoms with van der Waals surface area (Å²) in [5, 5.41) is 2.94. The van der Waals surface area contributed by atoms with Crippen molar-refractivity contribution in [3.05, 3.63) is 69.0 Å². The van der Waals surface area contributed by atoms with E-state index in [-0.39, 0.29) is 11.2 Å². The molecule has 1 aromatic heterocycles. The van der Waals surface area contributed by atoms with Gasteiger partial charge in [0.05, 0.1) is 16.6 Å². The molecule has 3 aromatic rings. The molecule has 0 spiro atoms. The van der Waals surface area contributed by atoms with E-state index in [4.69, 9.17) is 12.2 Å². The third kappa shape index (κ3) is 2.85. The van der Waals surface area contributed by atoms with Crippen molar-refractivity contribution in [1.82, 2.24) is 9.55 Å². The minimum atomic E-state index is -0.517. The Labute approximate surface area is 141 Å². The maximum Gasteiger partial charge on any atom is 0.262 e. The van der Waals surface area contributed by atoms with E-state index in [0.29, 0.717) is 27.8 Å². The van der Waals surface area contributed by atoms with Gasteiger partial charge in [0.25, 0.3) is 11.5 Å². The van der Waals surface area contributed by atoms with Gasteiger partial charge in [-0.15, -0.1) is 0 Å². The third-order valence-electron chi connectivity index (χ3n) is 3.68. The third-order valence-corrected chi connectivity index (χ3v) is 4.00. The molecule has 3 rings (SSSR count). The molecule has 122 valence electrons. The number of carbonyl (C=O) groups is 1. The SMILES string of the molecule is CCn1c(=S)[nH]c2cc(C(=O)Nc3ccccc3F)ccc2c1=O. The predicted octanol–water partition coefficient (Wildman–Crippen LogP) is 3.47. The van der Waals surface area contributed by atoms with Crippen molar-refractivity contribution in [2.75, 3.05) is 5.32 Å². The molecule has 0 aliphatic heterocycles. The fourth-order valence-corrected chi connectivity index (χ4v) is 2.76. The van der Waals surface area contributed by atoms with Gasteiger partial charge in [0.15, 0.2) is 4.77 Å². The van der Waals surface area contributed by atoms with Gasteiger partial charge >= 0.3 is 0 Å². The van der Waals surface area contributed by atoms with Gasteiger partial charge in [-0.3, -0.25) is 14.2 Å². The highest BCUT2D eigenvalue weighted by atomic mass is 32.1. The van der Waals surface area contributed by atoms with Gasteiger partial charge in [-0.2, -0.15) is 0 Å². The van der Waals surface area contributed by atoms with E-state index in [1.54, 1.807) is 18.2 Å². The molecule has 0 aliphatic rings. The lowest BCUT2D eigenvalue weighted by molar-refractivity contribution is 0.102. The van der Waals surface area contributed by atoms with Crippen molar-refractivity contribution in [3.63, 3.8) is 0 Å². The molecule has 0 aliphatic carbocycles. The average Bonchev–Trinajstić information content (AvgIpc) is 2.56. The van der Waals surface area contributed by atoms with Crippen LogP contribution in [0.1, 0.15) is 17.3 Å². The normalized spacial score (nSPS) is 10.8. The standard InChI is InChI=1S/C17H14FN3O2S/c1-2-21-16(23)11-8-7-10(9-14(11)20-17(21)24)15(22)19-13-6-4-3-5-12(13)18/h3-9H,2H2,1H3,(H,19,22)(H,20,24). The number of para-hydroxylation sites is 1. The van der Waals surface area contributed by atoms with Crippen molar-refractivity contribution in [2.24, 2.45) is 0 Å². The lowest BCUT2D eigenvalue weighted by Crippen LogP contribution is -2.21. The minimum Gasteiger partial charge on any atom is -0.332 e. The van der Waals surface area contributed by atoms with E-state index < -0.39 is 11.7 Å². The van der Waals surface area contributed by atoms with Gasteiger partial charge in [0.1, 0.15) is 5.82 Å². The van der Waals surface area contributed by atoms with Crippen molar-refractivity contribution in [3.8, 4) is 0 Å². The van der Waals surface area contributed by atoms with Crippen LogP contribution in [0.25, 0.3) is 10.9 Å². The Bertz CT molecular complexity index is 1060. The summed E-state index contributed by atoms with van der Waals surface area (Å²) >= 11 is 5.15. The Morgan fingerprint density at radius 3 is 2.75 bits per heavy atom. The topological polar surface area (TPSA) is 66.9 Å². The Balaban J connectivity index is 2.02. The van der Waals surface area contributed by atoms with Crippen LogP contribution >= 0.6 is 12.2 Å². The van der Waals surface area contributed by atoms with E-state index in [1.807, 2.05) is 6.92 Å². The zero-order chi connectivity index (χ0) is 17.3. The number of nitrogens with zero attached hydrogens (tertiary/aromatic N) is 1. The number of nitrogens with one attached hydrogen (secondary N) is 2. The predicted molar refractivity (Wildman–Crippen MR) is 93.4 cm³/mol. The van der Waals surface area contributed by atoms with E-state index in [0.717, 1.165) is 0 Å². The van der Waals surface area contributed by atoms with E-state index in [1.165, 1.54) is 28.8 Å². The number of carbonyl (C=O) groups excluding carboxylic acids is 1. The van der Waals surface area contributed by atoms with Crippen LogP contribution in [0.5, 0.6) is 0 Å². The number of aromatic amines is 1. The Morgan fingerprint density at radius 1 is 1.29 bits per heavy atom. The molecule has 0 atom stereocenters. The minimum absolute atomic E-state index is 0.0944. The van der Waals surface area contributed by atoms with Crippen LogP contribution in [0.4, 0.5) is 10.1 Å². The quantitative estimate of drug-likeness (QED) is 0.716. The van der Waals surface area contributed by atoms with Gasteiger partial charge in [0, 0.05) is 12.1 Å². The summed E-state index contributed by atoms with van der Waals surface area (Å²) in [5.41, 5.74) is 0.648. The fraction of sp³-hybridized carbons (Fsp3) is 0.118. The van der Waals surface area contributed by atoms with Gasteiger partial charge in [-0.1, -0.05) is 12.1 Å². The zero-order valence-corrected chi connectivity index (χ0v) is 13.6. The average molecular weight is 343 g/mol. The monoisotopic (exact) mass is 343 g/mol. The molecule has 0 saturated heterocycles. The summed E-state index contributed by atoms with van der Waals surface area (Å²) in [6, 6.07) is 10.5. The fourth-order valence-electron chi connectivity index (χ4n) is 2.44. The first-order chi connectivity index (χ1) is 11.5. The highest BCUT2D eigenvalue weighted by molar-refractivity contribution is 7.71. The summed E-state index contributed by atoms with van der Waals surface area (Å²) in [4.78, 5) is 27.6. The first-order valence-electron chi connectivity index (χ1n) is 7.34. The maximum absolute atomic E-state index is 13.6. The number of benzene rings is 2. The number of hydrogen-bond acceptors (Lipinski definition) is 3. The van der Waals surface area contributed by atoms with Gasteiger partial charge in [-0.05, 0) is 49.5 Å². The summed E-state index contributed by atoms with van der Waals surface area (Å²) in [5.74, 6) is -0.988. The van der Waals surface area contributed by atoms with Crippen LogP contribution < -0.4 is 10.9 Å². The maximum atomic E-state index is 13.6. The molecule has 1 heterocycles. The molecule has 5 nitrogen and oxygen atoms in total. The Hall–Kier alpha value is -2.80. The molecule has 0 bridgehead atoms. The zero-order valence-electron chi connectivity index (χ0n) is 12.8. The molecule has 1 amide bonds. The number of hydrogen-bond donors (Lipinski definition) is 2. The molecule has 7 heteroatoms. The van der Waals surface area contributed by atoms with Crippen molar-refractivity contribution in [1.29, 1.82) is 0 Å².